The van der Waals surface area contributed by atoms with Crippen molar-refractivity contribution in [3.05, 3.63) is 0 Å². The lowest BCUT2D eigenvalue weighted by Gasteiger charge is -2.33. The molecule has 0 aliphatic heterocycles. The second-order valence-electron chi connectivity index (χ2n) is 5.81. The van der Waals surface area contributed by atoms with Gasteiger partial charge in [0.05, 0.1) is 6.10 Å². The molecule has 3 aliphatic carbocycles. The Morgan fingerprint density at radius 2 is 1.89 bits per heavy atom. The highest BCUT2D eigenvalue weighted by Gasteiger charge is 2.64. The van der Waals surface area contributed by atoms with E-state index in [9.17, 15) is 23.1 Å². The summed E-state index contributed by atoms with van der Waals surface area (Å²) in [6.45, 7) is 0. The molecule has 0 aromatic heterocycles. The lowest BCUT2D eigenvalue weighted by molar-refractivity contribution is -0.217. The average molecular weight is 264 g/mol. The molecule has 3 rings (SSSR count). The van der Waals surface area contributed by atoms with Gasteiger partial charge in [0.2, 0.25) is 0 Å². The van der Waals surface area contributed by atoms with Crippen molar-refractivity contribution in [3.63, 3.8) is 0 Å². The smallest absolute Gasteiger partial charge is 0.452 e. The second kappa shape index (κ2) is 3.62. The first kappa shape index (κ1) is 12.3. The van der Waals surface area contributed by atoms with E-state index in [0.717, 1.165) is 19.3 Å². The Hall–Kier alpha value is -0.780. The third-order valence-corrected chi connectivity index (χ3v) is 4.95. The number of rotatable bonds is 1. The van der Waals surface area contributed by atoms with Gasteiger partial charge < -0.3 is 9.84 Å². The Bertz CT molecular complexity index is 379. The molecule has 1 N–H and O–H groups in total. The van der Waals surface area contributed by atoms with Crippen molar-refractivity contribution >= 4 is 5.97 Å². The zero-order chi connectivity index (χ0) is 13.1. The van der Waals surface area contributed by atoms with Gasteiger partial charge in [0, 0.05) is 5.92 Å². The largest absolute Gasteiger partial charge is 0.490 e. The van der Waals surface area contributed by atoms with E-state index in [1.807, 2.05) is 0 Å². The van der Waals surface area contributed by atoms with E-state index in [1.165, 1.54) is 0 Å². The van der Waals surface area contributed by atoms with Crippen LogP contribution in [0.5, 0.6) is 0 Å². The van der Waals surface area contributed by atoms with Crippen molar-refractivity contribution in [1.29, 1.82) is 0 Å². The van der Waals surface area contributed by atoms with Gasteiger partial charge in [0.15, 0.2) is 0 Å². The fraction of sp³-hybridized carbons (Fsp3) is 0.917. The van der Waals surface area contributed by atoms with Gasteiger partial charge in [-0.25, -0.2) is 4.79 Å². The van der Waals surface area contributed by atoms with Crippen molar-refractivity contribution in [2.24, 2.45) is 17.8 Å². The van der Waals surface area contributed by atoms with E-state index in [4.69, 9.17) is 4.74 Å². The Balaban J connectivity index is 1.85. The molecule has 0 spiro atoms. The summed E-state index contributed by atoms with van der Waals surface area (Å²) in [6.07, 6.45) is -2.21. The number of hydrogen-bond donors (Lipinski definition) is 1. The molecule has 0 heterocycles. The monoisotopic (exact) mass is 264 g/mol. The Kier molecular flexibility index (Phi) is 2.47. The highest BCUT2D eigenvalue weighted by atomic mass is 19.4. The van der Waals surface area contributed by atoms with Crippen molar-refractivity contribution in [3.8, 4) is 0 Å². The minimum absolute atomic E-state index is 0.00687. The van der Waals surface area contributed by atoms with Gasteiger partial charge in [-0.15, -0.1) is 0 Å². The molecular weight excluding hydrogens is 249 g/mol. The third-order valence-electron chi connectivity index (χ3n) is 4.95. The maximum absolute atomic E-state index is 12.3. The number of esters is 1. The van der Waals surface area contributed by atoms with E-state index in [0.29, 0.717) is 12.8 Å². The molecule has 3 fully saturated rings. The first-order valence-electron chi connectivity index (χ1n) is 6.32. The minimum atomic E-state index is -4.95. The molecule has 0 aromatic rings. The third kappa shape index (κ3) is 1.57. The van der Waals surface area contributed by atoms with Gasteiger partial charge in [-0.05, 0) is 43.9 Å². The van der Waals surface area contributed by atoms with Crippen LogP contribution in [0, 0.1) is 17.8 Å². The van der Waals surface area contributed by atoms with Gasteiger partial charge in [-0.3, -0.25) is 0 Å². The zero-order valence-electron chi connectivity index (χ0n) is 9.74. The fourth-order valence-electron chi connectivity index (χ4n) is 4.32. The van der Waals surface area contributed by atoms with E-state index < -0.39 is 23.9 Å². The standard InChI is InChI=1S/C12H15F3O3/c13-12(14,15)10(17)18-11-4-3-6-1-2-7(5-11)9(16)8(6)11/h6-9,16H,1-5H2/t6-,7+,8+,9?,11+/m1/s1. The second-order valence-corrected chi connectivity index (χ2v) is 5.81. The van der Waals surface area contributed by atoms with Crippen molar-refractivity contribution in [2.45, 2.75) is 50.0 Å². The van der Waals surface area contributed by atoms with Crippen LogP contribution in [-0.2, 0) is 9.53 Å². The van der Waals surface area contributed by atoms with Gasteiger partial charge in [-0.2, -0.15) is 13.2 Å². The molecule has 1 unspecified atom stereocenters. The SMILES string of the molecule is O=C(O[C@@]12CC[C@H]3CC[C@@H](C1)C(O)[C@H]32)C(F)(F)F. The van der Waals surface area contributed by atoms with Crippen LogP contribution in [-0.4, -0.2) is 29.0 Å². The Labute approximate surface area is 102 Å². The molecule has 18 heavy (non-hydrogen) atoms. The van der Waals surface area contributed by atoms with E-state index >= 15 is 0 Å². The topological polar surface area (TPSA) is 46.5 Å². The highest BCUT2D eigenvalue weighted by molar-refractivity contribution is 5.76. The van der Waals surface area contributed by atoms with E-state index in [-0.39, 0.29) is 17.8 Å². The summed E-state index contributed by atoms with van der Waals surface area (Å²) >= 11 is 0. The number of aliphatic hydroxyl groups excluding tert-OH is 1. The minimum Gasteiger partial charge on any atom is -0.452 e. The molecule has 0 aromatic carbocycles. The number of halogens is 3. The molecule has 102 valence electrons. The predicted molar refractivity (Wildman–Crippen MR) is 54.4 cm³/mol. The normalized spacial score (nSPS) is 46.2. The van der Waals surface area contributed by atoms with Crippen LogP contribution in [0.2, 0.25) is 0 Å². The number of hydrogen-bond acceptors (Lipinski definition) is 3. The molecule has 3 nitrogen and oxygen atoms in total. The maximum Gasteiger partial charge on any atom is 0.490 e. The van der Waals surface area contributed by atoms with Crippen LogP contribution >= 0.6 is 0 Å². The van der Waals surface area contributed by atoms with Gasteiger partial charge in [-0.1, -0.05) is 0 Å². The maximum atomic E-state index is 12.3. The van der Waals surface area contributed by atoms with Crippen LogP contribution in [0.15, 0.2) is 0 Å². The quantitative estimate of drug-likeness (QED) is 0.737. The fourth-order valence-corrected chi connectivity index (χ4v) is 4.32. The van der Waals surface area contributed by atoms with Crippen LogP contribution in [0.25, 0.3) is 0 Å². The zero-order valence-corrected chi connectivity index (χ0v) is 9.74. The summed E-state index contributed by atoms with van der Waals surface area (Å²) in [5.74, 6) is -2.20. The number of ether oxygens (including phenoxy) is 1. The predicted octanol–water partition coefficient (Wildman–Crippen LogP) is 2.03. The molecule has 3 saturated carbocycles. The molecule has 0 radical (unpaired) electrons. The summed E-state index contributed by atoms with van der Waals surface area (Å²) in [5.41, 5.74) is -1.06. The van der Waals surface area contributed by atoms with Crippen LogP contribution < -0.4 is 0 Å². The van der Waals surface area contributed by atoms with Gasteiger partial charge in [0.25, 0.3) is 0 Å². The van der Waals surface area contributed by atoms with E-state index in [1.54, 1.807) is 0 Å². The van der Waals surface area contributed by atoms with Crippen LogP contribution in [0.3, 0.4) is 0 Å². The first-order chi connectivity index (χ1) is 8.33. The van der Waals surface area contributed by atoms with Crippen LogP contribution in [0.4, 0.5) is 13.2 Å². The Morgan fingerprint density at radius 3 is 2.56 bits per heavy atom. The lowest BCUT2D eigenvalue weighted by Crippen LogP contribution is -2.43. The summed E-state index contributed by atoms with van der Waals surface area (Å²) in [7, 11) is 0. The number of fused-ring (bicyclic) bond motifs is 1. The van der Waals surface area contributed by atoms with Crippen molar-refractivity contribution in [2.75, 3.05) is 0 Å². The number of alkyl halides is 3. The molecule has 5 atom stereocenters. The number of aliphatic hydroxyl groups is 1. The van der Waals surface area contributed by atoms with Crippen molar-refractivity contribution in [1.82, 2.24) is 0 Å². The highest BCUT2D eigenvalue weighted by Crippen LogP contribution is 2.60. The van der Waals surface area contributed by atoms with E-state index in [2.05, 4.69) is 0 Å². The molecule has 0 amide bonds. The Morgan fingerprint density at radius 1 is 1.22 bits per heavy atom. The number of carbonyl (C=O) groups excluding carboxylic acids is 1. The summed E-state index contributed by atoms with van der Waals surface area (Å²) in [6, 6.07) is 0. The molecule has 3 aliphatic rings. The first-order valence-corrected chi connectivity index (χ1v) is 6.32. The van der Waals surface area contributed by atoms with Gasteiger partial charge in [0.1, 0.15) is 5.60 Å². The molecular formula is C12H15F3O3. The molecule has 6 heteroatoms. The van der Waals surface area contributed by atoms with Crippen LogP contribution in [0.1, 0.15) is 32.1 Å². The number of carbonyl (C=O) groups is 1. The summed E-state index contributed by atoms with van der Waals surface area (Å²) < 4.78 is 41.8. The average Bonchev–Trinajstić information content (AvgIpc) is 2.64. The summed E-state index contributed by atoms with van der Waals surface area (Å²) in [4.78, 5) is 11.1. The molecule has 0 saturated heterocycles. The van der Waals surface area contributed by atoms with Crippen molar-refractivity contribution < 1.29 is 27.8 Å². The lowest BCUT2D eigenvalue weighted by atomic mass is 9.78. The summed E-state index contributed by atoms with van der Waals surface area (Å²) in [5, 5.41) is 10.1. The molecule has 2 bridgehead atoms. The van der Waals surface area contributed by atoms with Gasteiger partial charge >= 0.3 is 12.1 Å².